The lowest BCUT2D eigenvalue weighted by molar-refractivity contribution is -0.121. The molecule has 4 nitrogen and oxygen atoms in total. The van der Waals surface area contributed by atoms with E-state index in [0.717, 1.165) is 10.7 Å². The first-order valence-electron chi connectivity index (χ1n) is 5.41. The second-order valence-electron chi connectivity index (χ2n) is 3.54. The number of hydrogen-bond donors (Lipinski definition) is 0. The second-order valence-corrected chi connectivity index (χ2v) is 4.86. The standard InChI is InChI=1S/C12H13NO3S/c1-2-17-8-10-11(14)13(12(15)16-10)9-6-4-3-5-7-9/h3-7,10H,2,8H2,1H3/t10-/m0/s1. The molecule has 1 aliphatic rings. The Bertz CT molecular complexity index is 421. The molecule has 0 saturated carbocycles. The van der Waals surface area contributed by atoms with Crippen molar-refractivity contribution in [3.05, 3.63) is 30.3 Å². The van der Waals surface area contributed by atoms with E-state index in [1.807, 2.05) is 13.0 Å². The Kier molecular flexibility index (Phi) is 3.68. The summed E-state index contributed by atoms with van der Waals surface area (Å²) >= 11 is 1.58. The number of thioether (sulfide) groups is 1. The Morgan fingerprint density at radius 3 is 2.65 bits per heavy atom. The fourth-order valence-electron chi connectivity index (χ4n) is 1.60. The highest BCUT2D eigenvalue weighted by Crippen LogP contribution is 2.24. The summed E-state index contributed by atoms with van der Waals surface area (Å²) in [6.45, 7) is 2.00. The molecule has 0 N–H and O–H groups in total. The van der Waals surface area contributed by atoms with Gasteiger partial charge in [-0.15, -0.1) is 0 Å². The van der Waals surface area contributed by atoms with Crippen LogP contribution in [0.25, 0.3) is 0 Å². The van der Waals surface area contributed by atoms with Crippen molar-refractivity contribution >= 4 is 29.4 Å². The zero-order valence-corrected chi connectivity index (χ0v) is 10.3. The van der Waals surface area contributed by atoms with E-state index in [-0.39, 0.29) is 5.91 Å². The minimum absolute atomic E-state index is 0.276. The van der Waals surface area contributed by atoms with Crippen LogP contribution in [0.3, 0.4) is 0 Å². The number of cyclic esters (lactones) is 1. The summed E-state index contributed by atoms with van der Waals surface area (Å²) < 4.78 is 5.06. The zero-order valence-electron chi connectivity index (χ0n) is 9.46. The van der Waals surface area contributed by atoms with Gasteiger partial charge in [0.15, 0.2) is 6.10 Å². The monoisotopic (exact) mass is 251 g/mol. The molecular formula is C12H13NO3S. The molecule has 0 spiro atoms. The number of imide groups is 1. The maximum Gasteiger partial charge on any atom is 0.422 e. The molecule has 1 fully saturated rings. The van der Waals surface area contributed by atoms with Crippen molar-refractivity contribution in [2.75, 3.05) is 16.4 Å². The van der Waals surface area contributed by atoms with E-state index in [1.165, 1.54) is 0 Å². The number of nitrogens with zero attached hydrogens (tertiary/aromatic N) is 1. The van der Waals surface area contributed by atoms with E-state index in [9.17, 15) is 9.59 Å². The molecule has 1 aromatic rings. The smallest absolute Gasteiger partial charge is 0.422 e. The van der Waals surface area contributed by atoms with E-state index in [4.69, 9.17) is 4.74 Å². The van der Waals surface area contributed by atoms with Crippen LogP contribution in [0.2, 0.25) is 0 Å². The van der Waals surface area contributed by atoms with E-state index in [2.05, 4.69) is 0 Å². The van der Waals surface area contributed by atoms with Gasteiger partial charge in [0.05, 0.1) is 5.69 Å². The fraction of sp³-hybridized carbons (Fsp3) is 0.333. The lowest BCUT2D eigenvalue weighted by Gasteiger charge is -2.10. The van der Waals surface area contributed by atoms with Crippen LogP contribution in [0.1, 0.15) is 6.92 Å². The molecule has 1 aromatic carbocycles. The van der Waals surface area contributed by atoms with Gasteiger partial charge in [-0.05, 0) is 17.9 Å². The molecule has 1 heterocycles. The summed E-state index contributed by atoms with van der Waals surface area (Å²) in [5.74, 6) is 1.14. The Balaban J connectivity index is 2.15. The minimum atomic E-state index is -0.646. The second kappa shape index (κ2) is 5.23. The van der Waals surface area contributed by atoms with Gasteiger partial charge in [0, 0.05) is 5.75 Å². The quantitative estimate of drug-likeness (QED) is 0.823. The molecule has 17 heavy (non-hydrogen) atoms. The first kappa shape index (κ1) is 12.0. The summed E-state index contributed by atoms with van der Waals surface area (Å²) in [7, 11) is 0. The van der Waals surface area contributed by atoms with Gasteiger partial charge in [0.2, 0.25) is 0 Å². The number of anilines is 1. The number of rotatable bonds is 4. The molecule has 0 unspecified atom stereocenters. The van der Waals surface area contributed by atoms with Gasteiger partial charge in [-0.1, -0.05) is 25.1 Å². The molecule has 0 aliphatic carbocycles. The first-order valence-corrected chi connectivity index (χ1v) is 6.57. The van der Waals surface area contributed by atoms with Crippen LogP contribution in [-0.2, 0) is 9.53 Å². The lowest BCUT2D eigenvalue weighted by Crippen LogP contribution is -2.32. The molecule has 90 valence electrons. The van der Waals surface area contributed by atoms with Crippen molar-refractivity contribution in [1.82, 2.24) is 0 Å². The maximum atomic E-state index is 12.0. The van der Waals surface area contributed by atoms with Crippen LogP contribution in [0.15, 0.2) is 30.3 Å². The number of benzene rings is 1. The summed E-state index contributed by atoms with van der Waals surface area (Å²) in [5, 5.41) is 0. The number of hydrogen-bond acceptors (Lipinski definition) is 4. The minimum Gasteiger partial charge on any atom is -0.434 e. The van der Waals surface area contributed by atoms with E-state index >= 15 is 0 Å². The topological polar surface area (TPSA) is 46.6 Å². The van der Waals surface area contributed by atoms with Gasteiger partial charge in [0.1, 0.15) is 0 Å². The highest BCUT2D eigenvalue weighted by molar-refractivity contribution is 7.99. The third-order valence-electron chi connectivity index (χ3n) is 2.41. The summed E-state index contributed by atoms with van der Waals surface area (Å²) in [4.78, 5) is 24.7. The molecule has 1 saturated heterocycles. The molecule has 0 aromatic heterocycles. The van der Waals surface area contributed by atoms with Gasteiger partial charge >= 0.3 is 6.09 Å². The fourth-order valence-corrected chi connectivity index (χ4v) is 2.26. The number of amides is 2. The number of carbonyl (C=O) groups is 2. The maximum absolute atomic E-state index is 12.0. The molecule has 1 atom stereocenters. The van der Waals surface area contributed by atoms with Crippen molar-refractivity contribution < 1.29 is 14.3 Å². The summed E-state index contributed by atoms with van der Waals surface area (Å²) in [6.07, 6.45) is -1.23. The van der Waals surface area contributed by atoms with Crippen molar-refractivity contribution in [3.8, 4) is 0 Å². The van der Waals surface area contributed by atoms with Gasteiger partial charge in [-0.2, -0.15) is 11.8 Å². The SMILES string of the molecule is CCSC[C@@H]1OC(=O)N(c2ccccc2)C1=O. The van der Waals surface area contributed by atoms with Crippen LogP contribution < -0.4 is 4.90 Å². The van der Waals surface area contributed by atoms with Gasteiger partial charge in [-0.25, -0.2) is 9.69 Å². The molecule has 0 bridgehead atoms. The first-order chi connectivity index (χ1) is 8.24. The molecule has 5 heteroatoms. The van der Waals surface area contributed by atoms with Crippen molar-refractivity contribution in [1.29, 1.82) is 0 Å². The van der Waals surface area contributed by atoms with Crippen LogP contribution in [0.5, 0.6) is 0 Å². The predicted octanol–water partition coefficient (Wildman–Crippen LogP) is 2.29. The Morgan fingerprint density at radius 2 is 2.00 bits per heavy atom. The van der Waals surface area contributed by atoms with Crippen LogP contribution in [-0.4, -0.2) is 29.6 Å². The zero-order chi connectivity index (χ0) is 12.3. The Morgan fingerprint density at radius 1 is 1.29 bits per heavy atom. The van der Waals surface area contributed by atoms with E-state index < -0.39 is 12.2 Å². The van der Waals surface area contributed by atoms with Gasteiger partial charge in [0.25, 0.3) is 5.91 Å². The Hall–Kier alpha value is -1.49. The van der Waals surface area contributed by atoms with Crippen molar-refractivity contribution in [2.24, 2.45) is 0 Å². The number of ether oxygens (including phenoxy) is 1. The highest BCUT2D eigenvalue weighted by Gasteiger charge is 2.41. The van der Waals surface area contributed by atoms with Gasteiger partial charge < -0.3 is 4.74 Å². The Labute approximate surface area is 104 Å². The third kappa shape index (κ3) is 2.44. The van der Waals surface area contributed by atoms with E-state index in [1.54, 1.807) is 36.0 Å². The summed E-state index contributed by atoms with van der Waals surface area (Å²) in [5.41, 5.74) is 0.562. The number of para-hydroxylation sites is 1. The van der Waals surface area contributed by atoms with Crippen LogP contribution >= 0.6 is 11.8 Å². The molecule has 0 radical (unpaired) electrons. The van der Waals surface area contributed by atoms with Gasteiger partial charge in [-0.3, -0.25) is 4.79 Å². The third-order valence-corrected chi connectivity index (χ3v) is 3.36. The number of carbonyl (C=O) groups excluding carboxylic acids is 2. The predicted molar refractivity (Wildman–Crippen MR) is 67.2 cm³/mol. The van der Waals surface area contributed by atoms with Crippen molar-refractivity contribution in [3.63, 3.8) is 0 Å². The largest absolute Gasteiger partial charge is 0.434 e. The molecule has 1 aliphatic heterocycles. The van der Waals surface area contributed by atoms with Crippen LogP contribution in [0.4, 0.5) is 10.5 Å². The molecular weight excluding hydrogens is 238 g/mol. The average Bonchev–Trinajstić information content (AvgIpc) is 2.63. The summed E-state index contributed by atoms with van der Waals surface area (Å²) in [6, 6.07) is 8.83. The van der Waals surface area contributed by atoms with Crippen molar-refractivity contribution in [2.45, 2.75) is 13.0 Å². The molecule has 2 amide bonds. The molecule has 2 rings (SSSR count). The lowest BCUT2D eigenvalue weighted by atomic mass is 10.3. The average molecular weight is 251 g/mol. The van der Waals surface area contributed by atoms with Crippen LogP contribution in [0, 0.1) is 0 Å². The van der Waals surface area contributed by atoms with E-state index in [0.29, 0.717) is 11.4 Å². The highest BCUT2D eigenvalue weighted by atomic mass is 32.2. The normalized spacial score (nSPS) is 19.6.